The lowest BCUT2D eigenvalue weighted by atomic mass is 10.3. The summed E-state index contributed by atoms with van der Waals surface area (Å²) in [6, 6.07) is 9.46. The van der Waals surface area contributed by atoms with Crippen molar-refractivity contribution in [1.82, 2.24) is 9.97 Å². The van der Waals surface area contributed by atoms with Crippen LogP contribution in [0.15, 0.2) is 36.5 Å². The van der Waals surface area contributed by atoms with E-state index >= 15 is 0 Å². The third-order valence-electron chi connectivity index (χ3n) is 1.96. The van der Waals surface area contributed by atoms with Crippen LogP contribution in [-0.2, 0) is 0 Å². The minimum atomic E-state index is 0.577. The zero-order valence-corrected chi connectivity index (χ0v) is 8.77. The summed E-state index contributed by atoms with van der Waals surface area (Å²) in [6.07, 6.45) is 1.72. The van der Waals surface area contributed by atoms with Crippen molar-refractivity contribution in [2.45, 2.75) is 13.8 Å². The van der Waals surface area contributed by atoms with Gasteiger partial charge in [0.05, 0.1) is 0 Å². The van der Waals surface area contributed by atoms with E-state index in [9.17, 15) is 0 Å². The Morgan fingerprint density at radius 1 is 1.07 bits per heavy atom. The summed E-state index contributed by atoms with van der Waals surface area (Å²) in [5.41, 5.74) is 2.05. The molecule has 0 aliphatic heterocycles. The van der Waals surface area contributed by atoms with Crippen molar-refractivity contribution in [2.24, 2.45) is 0 Å². The van der Waals surface area contributed by atoms with E-state index in [0.717, 1.165) is 11.3 Å². The Kier molecular flexibility index (Phi) is 2.63. The van der Waals surface area contributed by atoms with Gasteiger partial charge in [-0.25, -0.2) is 9.97 Å². The number of rotatable bonds is 2. The summed E-state index contributed by atoms with van der Waals surface area (Å²) in [5, 5.41) is 0. The van der Waals surface area contributed by atoms with Crippen LogP contribution in [0.2, 0.25) is 0 Å². The lowest BCUT2D eigenvalue weighted by Crippen LogP contribution is -1.91. The Morgan fingerprint density at radius 3 is 2.67 bits per heavy atom. The van der Waals surface area contributed by atoms with Crippen LogP contribution >= 0.6 is 0 Å². The molecule has 0 unspecified atom stereocenters. The number of aromatic nitrogens is 2. The first-order chi connectivity index (χ1) is 7.24. The normalized spacial score (nSPS) is 10.0. The Labute approximate surface area is 88.8 Å². The summed E-state index contributed by atoms with van der Waals surface area (Å²) >= 11 is 0. The fourth-order valence-electron chi connectivity index (χ4n) is 1.25. The van der Waals surface area contributed by atoms with Crippen LogP contribution in [0, 0.1) is 13.8 Å². The highest BCUT2D eigenvalue weighted by Gasteiger charge is 1.99. The van der Waals surface area contributed by atoms with Gasteiger partial charge in [0.25, 0.3) is 0 Å². The highest BCUT2D eigenvalue weighted by Crippen LogP contribution is 2.17. The Bertz CT molecular complexity index is 425. The molecule has 0 N–H and O–H groups in total. The molecule has 0 saturated carbocycles. The summed E-state index contributed by atoms with van der Waals surface area (Å²) < 4.78 is 5.52. The van der Waals surface area contributed by atoms with Crippen LogP contribution in [0.5, 0.6) is 11.8 Å². The van der Waals surface area contributed by atoms with Gasteiger partial charge in [0.2, 0.25) is 11.8 Å². The first-order valence-corrected chi connectivity index (χ1v) is 4.78. The summed E-state index contributed by atoms with van der Waals surface area (Å²) in [4.78, 5) is 8.34. The lowest BCUT2D eigenvalue weighted by molar-refractivity contribution is 0.443. The highest BCUT2D eigenvalue weighted by atomic mass is 16.5. The smallest absolute Gasteiger partial charge is 0.221 e. The van der Waals surface area contributed by atoms with Crippen molar-refractivity contribution in [3.63, 3.8) is 0 Å². The first kappa shape index (κ1) is 9.65. The minimum Gasteiger partial charge on any atom is -0.421 e. The van der Waals surface area contributed by atoms with Gasteiger partial charge < -0.3 is 4.74 Å². The van der Waals surface area contributed by atoms with E-state index in [-0.39, 0.29) is 0 Å². The molecule has 0 bridgehead atoms. The lowest BCUT2D eigenvalue weighted by Gasteiger charge is -2.04. The van der Waals surface area contributed by atoms with E-state index < -0.39 is 0 Å². The molecule has 0 fully saturated rings. The minimum absolute atomic E-state index is 0.577. The number of hydrogen-bond acceptors (Lipinski definition) is 3. The van der Waals surface area contributed by atoms with E-state index in [1.165, 1.54) is 0 Å². The van der Waals surface area contributed by atoms with Crippen molar-refractivity contribution in [2.75, 3.05) is 0 Å². The molecule has 0 aromatic carbocycles. The maximum atomic E-state index is 5.52. The molecule has 0 aliphatic rings. The van der Waals surface area contributed by atoms with Gasteiger partial charge in [-0.1, -0.05) is 6.07 Å². The van der Waals surface area contributed by atoms with Gasteiger partial charge in [0.1, 0.15) is 0 Å². The third-order valence-corrected chi connectivity index (χ3v) is 1.96. The van der Waals surface area contributed by atoms with Crippen LogP contribution in [0.1, 0.15) is 11.3 Å². The molecular weight excluding hydrogens is 188 g/mol. The van der Waals surface area contributed by atoms with E-state index in [1.54, 1.807) is 6.20 Å². The zero-order chi connectivity index (χ0) is 10.7. The van der Waals surface area contributed by atoms with Crippen molar-refractivity contribution in [3.8, 4) is 11.8 Å². The topological polar surface area (TPSA) is 35.0 Å². The van der Waals surface area contributed by atoms with Crippen molar-refractivity contribution in [1.29, 1.82) is 0 Å². The number of ether oxygens (including phenoxy) is 1. The van der Waals surface area contributed by atoms with E-state index in [0.29, 0.717) is 11.8 Å². The van der Waals surface area contributed by atoms with Gasteiger partial charge in [-0.15, -0.1) is 0 Å². The van der Waals surface area contributed by atoms with Crippen LogP contribution in [0.25, 0.3) is 0 Å². The predicted molar refractivity (Wildman–Crippen MR) is 58.0 cm³/mol. The molecule has 76 valence electrons. The molecular formula is C12H12N2O. The largest absolute Gasteiger partial charge is 0.421 e. The summed E-state index contributed by atoms with van der Waals surface area (Å²) in [6.45, 7) is 3.93. The molecule has 2 aromatic rings. The Balaban J connectivity index is 2.22. The van der Waals surface area contributed by atoms with E-state index in [1.807, 2.05) is 44.2 Å². The molecule has 0 amide bonds. The van der Waals surface area contributed by atoms with Gasteiger partial charge in [-0.05, 0) is 31.5 Å². The second kappa shape index (κ2) is 4.09. The van der Waals surface area contributed by atoms with Crippen molar-refractivity contribution in [3.05, 3.63) is 47.8 Å². The molecule has 15 heavy (non-hydrogen) atoms. The molecule has 0 radical (unpaired) electrons. The van der Waals surface area contributed by atoms with Crippen LogP contribution in [0.4, 0.5) is 0 Å². The van der Waals surface area contributed by atoms with Gasteiger partial charge in [-0.2, -0.15) is 0 Å². The molecule has 3 nitrogen and oxygen atoms in total. The van der Waals surface area contributed by atoms with Gasteiger partial charge in [0, 0.05) is 24.0 Å². The third kappa shape index (κ3) is 2.53. The Morgan fingerprint density at radius 2 is 1.93 bits per heavy atom. The zero-order valence-electron chi connectivity index (χ0n) is 8.77. The van der Waals surface area contributed by atoms with E-state index in [2.05, 4.69) is 9.97 Å². The maximum absolute atomic E-state index is 5.52. The highest BCUT2D eigenvalue weighted by molar-refractivity contribution is 5.24. The average molecular weight is 200 g/mol. The fourth-order valence-corrected chi connectivity index (χ4v) is 1.25. The van der Waals surface area contributed by atoms with Crippen molar-refractivity contribution >= 4 is 0 Å². The predicted octanol–water partition coefficient (Wildman–Crippen LogP) is 2.89. The molecule has 0 aliphatic carbocycles. The molecule has 2 aromatic heterocycles. The standard InChI is InChI=1S/C12H12N2O/c1-9-6-7-13-12(8-9)15-11-5-3-4-10(2)14-11/h3-8H,1-2H3. The van der Waals surface area contributed by atoms with Crippen LogP contribution in [0.3, 0.4) is 0 Å². The molecule has 0 spiro atoms. The number of aryl methyl sites for hydroxylation is 2. The Hall–Kier alpha value is -1.90. The molecule has 0 saturated heterocycles. The first-order valence-electron chi connectivity index (χ1n) is 4.78. The summed E-state index contributed by atoms with van der Waals surface area (Å²) in [7, 11) is 0. The second-order valence-electron chi connectivity index (χ2n) is 3.39. The molecule has 2 heterocycles. The molecule has 2 rings (SSSR count). The van der Waals surface area contributed by atoms with Crippen molar-refractivity contribution < 1.29 is 4.74 Å². The number of nitrogens with zero attached hydrogens (tertiary/aromatic N) is 2. The fraction of sp³-hybridized carbons (Fsp3) is 0.167. The average Bonchev–Trinajstić information content (AvgIpc) is 2.17. The van der Waals surface area contributed by atoms with Crippen LogP contribution < -0.4 is 4.74 Å². The van der Waals surface area contributed by atoms with Crippen LogP contribution in [-0.4, -0.2) is 9.97 Å². The number of pyridine rings is 2. The number of hydrogen-bond donors (Lipinski definition) is 0. The van der Waals surface area contributed by atoms with E-state index in [4.69, 9.17) is 4.74 Å². The summed E-state index contributed by atoms with van der Waals surface area (Å²) in [5.74, 6) is 1.15. The van der Waals surface area contributed by atoms with Gasteiger partial charge in [-0.3, -0.25) is 0 Å². The van der Waals surface area contributed by atoms with Gasteiger partial charge in [0.15, 0.2) is 0 Å². The SMILES string of the molecule is Cc1ccnc(Oc2cccc(C)n2)c1. The quantitative estimate of drug-likeness (QED) is 0.747. The second-order valence-corrected chi connectivity index (χ2v) is 3.39. The maximum Gasteiger partial charge on any atom is 0.221 e. The molecule has 3 heteroatoms. The monoisotopic (exact) mass is 200 g/mol. The van der Waals surface area contributed by atoms with Gasteiger partial charge >= 0.3 is 0 Å². The molecule has 0 atom stereocenters.